The van der Waals surface area contributed by atoms with E-state index in [0.29, 0.717) is 5.75 Å². The lowest BCUT2D eigenvalue weighted by Gasteiger charge is -2.35. The van der Waals surface area contributed by atoms with Crippen LogP contribution >= 0.6 is 0 Å². The minimum atomic E-state index is -4.33. The van der Waals surface area contributed by atoms with E-state index in [9.17, 15) is 23.1 Å². The Bertz CT molecular complexity index is 1270. The second-order valence-corrected chi connectivity index (χ2v) is 10.8. The molecular weight excluding hydrogens is 505 g/mol. The van der Waals surface area contributed by atoms with E-state index in [4.69, 9.17) is 4.74 Å². The fourth-order valence-electron chi connectivity index (χ4n) is 4.87. The monoisotopic (exact) mass is 540 g/mol. The normalized spacial score (nSPS) is 15.4. The third-order valence-electron chi connectivity index (χ3n) is 7.17. The van der Waals surface area contributed by atoms with E-state index in [-0.39, 0.29) is 0 Å². The summed E-state index contributed by atoms with van der Waals surface area (Å²) in [5.41, 5.74) is 3.93. The zero-order chi connectivity index (χ0) is 28.4. The number of ether oxygens (including phenoxy) is 1. The highest BCUT2D eigenvalue weighted by atomic mass is 19.4. The Labute approximate surface area is 227 Å². The van der Waals surface area contributed by atoms with E-state index >= 15 is 0 Å². The summed E-state index contributed by atoms with van der Waals surface area (Å²) in [6, 6.07) is 17.4. The SMILES string of the molecule is Cc1cc(CN2CCN(Cc3ccc(-c4ccc(C(F)(F)F)cc4)cc3)CC2)cc(C)c1OC(C)(C)C(=O)O. The third-order valence-corrected chi connectivity index (χ3v) is 7.17. The van der Waals surface area contributed by atoms with Gasteiger partial charge in [0.2, 0.25) is 0 Å². The summed E-state index contributed by atoms with van der Waals surface area (Å²) >= 11 is 0. The number of carboxylic acid groups (broad SMARTS) is 1. The molecule has 1 aliphatic heterocycles. The van der Waals surface area contributed by atoms with E-state index in [1.165, 1.54) is 23.3 Å². The molecule has 3 aromatic carbocycles. The van der Waals surface area contributed by atoms with Gasteiger partial charge in [-0.15, -0.1) is 0 Å². The molecule has 0 saturated carbocycles. The topological polar surface area (TPSA) is 53.0 Å². The van der Waals surface area contributed by atoms with E-state index in [2.05, 4.69) is 21.9 Å². The molecule has 39 heavy (non-hydrogen) atoms. The van der Waals surface area contributed by atoms with Crippen molar-refractivity contribution in [1.82, 2.24) is 9.80 Å². The number of halogens is 3. The van der Waals surface area contributed by atoms with Gasteiger partial charge < -0.3 is 9.84 Å². The Morgan fingerprint density at radius 1 is 0.795 bits per heavy atom. The van der Waals surface area contributed by atoms with Crippen molar-refractivity contribution in [1.29, 1.82) is 0 Å². The molecule has 0 atom stereocenters. The highest BCUT2D eigenvalue weighted by Crippen LogP contribution is 2.32. The molecule has 208 valence electrons. The zero-order valence-corrected chi connectivity index (χ0v) is 22.8. The Balaban J connectivity index is 1.29. The zero-order valence-electron chi connectivity index (χ0n) is 22.8. The smallest absolute Gasteiger partial charge is 0.416 e. The van der Waals surface area contributed by atoms with Gasteiger partial charge in [-0.2, -0.15) is 13.2 Å². The highest BCUT2D eigenvalue weighted by molar-refractivity contribution is 5.77. The molecule has 1 heterocycles. The van der Waals surface area contributed by atoms with E-state index in [1.807, 2.05) is 38.1 Å². The van der Waals surface area contributed by atoms with Crippen LogP contribution in [0.1, 0.15) is 41.7 Å². The van der Waals surface area contributed by atoms with Gasteiger partial charge in [0.1, 0.15) is 5.75 Å². The molecule has 4 rings (SSSR count). The van der Waals surface area contributed by atoms with Crippen molar-refractivity contribution in [3.8, 4) is 16.9 Å². The number of piperazine rings is 1. The molecule has 0 unspecified atom stereocenters. The number of carbonyl (C=O) groups is 1. The van der Waals surface area contributed by atoms with Crippen LogP contribution in [0.25, 0.3) is 11.1 Å². The van der Waals surface area contributed by atoms with Gasteiger partial charge in [0, 0.05) is 39.3 Å². The van der Waals surface area contributed by atoms with Crippen LogP contribution in [0.2, 0.25) is 0 Å². The van der Waals surface area contributed by atoms with Gasteiger partial charge in [-0.05, 0) is 73.2 Å². The summed E-state index contributed by atoms with van der Waals surface area (Å²) in [6.07, 6.45) is -4.33. The maximum absolute atomic E-state index is 12.8. The van der Waals surface area contributed by atoms with Gasteiger partial charge >= 0.3 is 12.1 Å². The standard InChI is InChI=1S/C31H35F3N2O3/c1-21-17-24(18-22(2)28(21)39-30(3,4)29(37)38)20-36-15-13-35(14-16-36)19-23-5-7-25(8-6-23)26-9-11-27(12-10-26)31(32,33)34/h5-12,17-18H,13-16,19-20H2,1-4H3,(H,37,38). The number of hydrogen-bond donors (Lipinski definition) is 1. The second-order valence-electron chi connectivity index (χ2n) is 10.8. The molecule has 0 aromatic heterocycles. The van der Waals surface area contributed by atoms with Crippen molar-refractivity contribution in [2.24, 2.45) is 0 Å². The van der Waals surface area contributed by atoms with Crippen molar-refractivity contribution < 1.29 is 27.8 Å². The molecule has 1 N–H and O–H groups in total. The van der Waals surface area contributed by atoms with Crippen molar-refractivity contribution in [2.45, 2.75) is 52.6 Å². The number of nitrogens with zero attached hydrogens (tertiary/aromatic N) is 2. The van der Waals surface area contributed by atoms with Crippen molar-refractivity contribution in [2.75, 3.05) is 26.2 Å². The first-order chi connectivity index (χ1) is 18.3. The number of aliphatic carboxylic acids is 1. The molecule has 0 radical (unpaired) electrons. The maximum Gasteiger partial charge on any atom is 0.416 e. The number of carboxylic acids is 1. The molecule has 1 fully saturated rings. The predicted molar refractivity (Wildman–Crippen MR) is 146 cm³/mol. The van der Waals surface area contributed by atoms with Gasteiger partial charge in [-0.3, -0.25) is 9.80 Å². The van der Waals surface area contributed by atoms with Crippen LogP contribution in [0.3, 0.4) is 0 Å². The summed E-state index contributed by atoms with van der Waals surface area (Å²) in [4.78, 5) is 16.3. The Morgan fingerprint density at radius 2 is 1.23 bits per heavy atom. The maximum atomic E-state index is 12.8. The largest absolute Gasteiger partial charge is 0.478 e. The lowest BCUT2D eigenvalue weighted by molar-refractivity contribution is -0.152. The molecule has 8 heteroatoms. The van der Waals surface area contributed by atoms with Crippen LogP contribution in [0.15, 0.2) is 60.7 Å². The van der Waals surface area contributed by atoms with Crippen LogP contribution in [-0.2, 0) is 24.1 Å². The molecule has 1 aliphatic rings. The lowest BCUT2D eigenvalue weighted by Crippen LogP contribution is -2.45. The minimum Gasteiger partial charge on any atom is -0.478 e. The number of rotatable bonds is 8. The lowest BCUT2D eigenvalue weighted by atomic mass is 10.0. The van der Waals surface area contributed by atoms with Crippen molar-refractivity contribution in [3.05, 3.63) is 88.5 Å². The predicted octanol–water partition coefficient (Wildman–Crippen LogP) is 6.55. The second kappa shape index (κ2) is 11.4. The van der Waals surface area contributed by atoms with Gasteiger partial charge in [0.15, 0.2) is 5.60 Å². The molecule has 0 amide bonds. The van der Waals surface area contributed by atoms with Crippen LogP contribution in [0, 0.1) is 13.8 Å². The molecule has 0 bridgehead atoms. The van der Waals surface area contributed by atoms with Gasteiger partial charge in [0.05, 0.1) is 5.56 Å². The first kappa shape index (κ1) is 28.6. The molecule has 0 aliphatic carbocycles. The summed E-state index contributed by atoms with van der Waals surface area (Å²) in [6.45, 7) is 12.4. The molecular formula is C31H35F3N2O3. The van der Waals surface area contributed by atoms with E-state index < -0.39 is 23.3 Å². The Kier molecular flexibility index (Phi) is 8.37. The molecule has 0 spiro atoms. The number of alkyl halides is 3. The quantitative estimate of drug-likeness (QED) is 0.351. The summed E-state index contributed by atoms with van der Waals surface area (Å²) in [5, 5.41) is 9.39. The fraction of sp³-hybridized carbons (Fsp3) is 0.387. The first-order valence-corrected chi connectivity index (χ1v) is 13.1. The Hall–Kier alpha value is -3.36. The third kappa shape index (κ3) is 7.19. The number of aryl methyl sites for hydroxylation is 2. The highest BCUT2D eigenvalue weighted by Gasteiger charge is 2.31. The summed E-state index contributed by atoms with van der Waals surface area (Å²) < 4.78 is 44.3. The average molecular weight is 541 g/mol. The molecule has 1 saturated heterocycles. The minimum absolute atomic E-state index is 0.625. The Morgan fingerprint density at radius 3 is 1.67 bits per heavy atom. The van der Waals surface area contributed by atoms with Gasteiger partial charge in [0.25, 0.3) is 0 Å². The first-order valence-electron chi connectivity index (χ1n) is 13.1. The van der Waals surface area contributed by atoms with Crippen molar-refractivity contribution in [3.63, 3.8) is 0 Å². The molecule has 3 aromatic rings. The van der Waals surface area contributed by atoms with Crippen molar-refractivity contribution >= 4 is 5.97 Å². The van der Waals surface area contributed by atoms with E-state index in [1.54, 1.807) is 13.8 Å². The van der Waals surface area contributed by atoms with Crippen LogP contribution in [0.4, 0.5) is 13.2 Å². The molecule has 5 nitrogen and oxygen atoms in total. The summed E-state index contributed by atoms with van der Waals surface area (Å²) in [7, 11) is 0. The number of hydrogen-bond acceptors (Lipinski definition) is 4. The average Bonchev–Trinajstić information content (AvgIpc) is 2.87. The van der Waals surface area contributed by atoms with Gasteiger partial charge in [-0.1, -0.05) is 48.5 Å². The van der Waals surface area contributed by atoms with Crippen LogP contribution < -0.4 is 4.74 Å². The summed E-state index contributed by atoms with van der Waals surface area (Å²) in [5.74, 6) is -0.376. The van der Waals surface area contributed by atoms with Crippen LogP contribution in [-0.4, -0.2) is 52.7 Å². The fourth-order valence-corrected chi connectivity index (χ4v) is 4.87. The van der Waals surface area contributed by atoms with E-state index in [0.717, 1.165) is 73.7 Å². The number of benzene rings is 3. The van der Waals surface area contributed by atoms with Gasteiger partial charge in [-0.25, -0.2) is 4.79 Å². The van der Waals surface area contributed by atoms with Crippen LogP contribution in [0.5, 0.6) is 5.75 Å².